The van der Waals surface area contributed by atoms with Gasteiger partial charge in [0.2, 0.25) is 0 Å². The van der Waals surface area contributed by atoms with Crippen molar-refractivity contribution in [2.24, 2.45) is 11.3 Å². The number of nitrogens with zero attached hydrogens (tertiary/aromatic N) is 3. The first-order valence-electron chi connectivity index (χ1n) is 14.2. The molecule has 46 heavy (non-hydrogen) atoms. The number of carbonyl (C=O) groups is 2. The number of hydrogen-bond donors (Lipinski definition) is 0. The van der Waals surface area contributed by atoms with Crippen molar-refractivity contribution in [3.8, 4) is 12.1 Å². The molecule has 0 heterocycles. The van der Waals surface area contributed by atoms with Crippen LogP contribution in [0.5, 0.6) is 0 Å². The van der Waals surface area contributed by atoms with Gasteiger partial charge in [0.15, 0.2) is 5.41 Å². The number of rotatable bonds is 8. The molecular formula is C36H28N3O6P. The van der Waals surface area contributed by atoms with Crippen LogP contribution in [0.2, 0.25) is 0 Å². The molecule has 4 aromatic rings. The molecule has 9 nitrogen and oxygen atoms in total. The van der Waals surface area contributed by atoms with E-state index >= 15 is 0 Å². The molecule has 0 bridgehead atoms. The molecule has 1 aliphatic carbocycles. The Balaban J connectivity index is 2.02. The van der Waals surface area contributed by atoms with E-state index in [9.17, 15) is 30.2 Å². The summed E-state index contributed by atoms with van der Waals surface area (Å²) in [6.45, 7) is -3.27. The fourth-order valence-corrected chi connectivity index (χ4v) is 10.8. The second-order valence-electron chi connectivity index (χ2n) is 10.5. The summed E-state index contributed by atoms with van der Waals surface area (Å²) in [6.07, 6.45) is 1.47. The van der Waals surface area contributed by atoms with E-state index in [2.05, 4.69) is 12.1 Å². The van der Waals surface area contributed by atoms with Gasteiger partial charge in [0.25, 0.3) is 5.69 Å². The second kappa shape index (κ2) is 13.1. The van der Waals surface area contributed by atoms with Crippen molar-refractivity contribution in [3.63, 3.8) is 0 Å². The van der Waals surface area contributed by atoms with Gasteiger partial charge < -0.3 is 9.47 Å². The van der Waals surface area contributed by atoms with Gasteiger partial charge in [-0.1, -0.05) is 109 Å². The lowest BCUT2D eigenvalue weighted by Crippen LogP contribution is -2.39. The van der Waals surface area contributed by atoms with E-state index < -0.39 is 41.0 Å². The highest BCUT2D eigenvalue weighted by atomic mass is 31.2. The van der Waals surface area contributed by atoms with E-state index in [1.165, 1.54) is 44.6 Å². The Kier molecular flexibility index (Phi) is 9.00. The standard InChI is InChI=1S/C36H28N3O6P/c1-44-34(40)30-22-31(36(23-37,24-38)32(30)25-18-20-26(21-19-25)39(42)43)33(35(41)45-2)46(27-12-6-3-7-13-27,28-14-8-4-9-15-28)29-16-10-5-11-17-29/h3-22,30,32H,1-2H3/t30-,32-/m0/s1. The molecule has 0 aliphatic heterocycles. The largest absolute Gasteiger partial charge is 0.469 e. The lowest BCUT2D eigenvalue weighted by molar-refractivity contribution is -0.384. The van der Waals surface area contributed by atoms with Gasteiger partial charge in [-0.3, -0.25) is 14.9 Å². The minimum absolute atomic E-state index is 0.0352. The zero-order valence-electron chi connectivity index (χ0n) is 24.9. The van der Waals surface area contributed by atoms with E-state index in [4.69, 9.17) is 9.47 Å². The minimum atomic E-state index is -3.27. The summed E-state index contributed by atoms with van der Waals surface area (Å²) in [5, 5.41) is 35.7. The monoisotopic (exact) mass is 629 g/mol. The van der Waals surface area contributed by atoms with E-state index in [-0.39, 0.29) is 16.6 Å². The van der Waals surface area contributed by atoms with Gasteiger partial charge in [-0.25, -0.2) is 4.79 Å². The van der Waals surface area contributed by atoms with Crippen LogP contribution in [-0.4, -0.2) is 36.4 Å². The molecule has 0 unspecified atom stereocenters. The van der Waals surface area contributed by atoms with Gasteiger partial charge in [0.05, 0.1) is 42.5 Å². The number of methoxy groups -OCH3 is 2. The highest BCUT2D eigenvalue weighted by molar-refractivity contribution is 7.96. The summed E-state index contributed by atoms with van der Waals surface area (Å²) in [4.78, 5) is 38.7. The van der Waals surface area contributed by atoms with Crippen molar-refractivity contribution in [2.75, 3.05) is 14.2 Å². The van der Waals surface area contributed by atoms with Crippen molar-refractivity contribution in [1.29, 1.82) is 10.5 Å². The van der Waals surface area contributed by atoms with E-state index in [1.54, 1.807) is 0 Å². The summed E-state index contributed by atoms with van der Waals surface area (Å²) in [6, 6.07) is 37.8. The van der Waals surface area contributed by atoms with Gasteiger partial charge >= 0.3 is 11.9 Å². The third kappa shape index (κ3) is 5.07. The molecule has 0 aromatic heterocycles. The predicted molar refractivity (Wildman–Crippen MR) is 175 cm³/mol. The van der Waals surface area contributed by atoms with Crippen molar-refractivity contribution in [1.82, 2.24) is 0 Å². The Morgan fingerprint density at radius 2 is 1.22 bits per heavy atom. The van der Waals surface area contributed by atoms with Crippen LogP contribution in [0.15, 0.2) is 127 Å². The minimum Gasteiger partial charge on any atom is -0.469 e. The summed E-state index contributed by atoms with van der Waals surface area (Å²) >= 11 is 0. The number of benzene rings is 4. The van der Waals surface area contributed by atoms with Gasteiger partial charge in [0, 0.05) is 18.1 Å². The van der Waals surface area contributed by atoms with Crippen LogP contribution < -0.4 is 15.9 Å². The quantitative estimate of drug-likeness (QED) is 0.117. The van der Waals surface area contributed by atoms with Crippen molar-refractivity contribution < 1.29 is 24.0 Å². The van der Waals surface area contributed by atoms with Gasteiger partial charge in [-0.15, -0.1) is 0 Å². The number of ether oxygens (including phenoxy) is 2. The number of non-ortho nitro benzene ring substituents is 1. The summed E-state index contributed by atoms with van der Waals surface area (Å²) in [5.41, 5.74) is -1.95. The fourth-order valence-electron chi connectivity index (χ4n) is 6.31. The summed E-state index contributed by atoms with van der Waals surface area (Å²) < 4.78 is 10.6. The molecule has 5 rings (SSSR count). The normalized spacial score (nSPS) is 16.7. The van der Waals surface area contributed by atoms with Crippen molar-refractivity contribution in [2.45, 2.75) is 5.92 Å². The van der Waals surface area contributed by atoms with Crippen LogP contribution in [0, 0.1) is 44.1 Å². The van der Waals surface area contributed by atoms with Crippen LogP contribution in [0.3, 0.4) is 0 Å². The topological polar surface area (TPSA) is 143 Å². The Morgan fingerprint density at radius 3 is 1.59 bits per heavy atom. The third-order valence-corrected chi connectivity index (χ3v) is 12.6. The highest BCUT2D eigenvalue weighted by Gasteiger charge is 2.58. The van der Waals surface area contributed by atoms with Crippen LogP contribution in [-0.2, 0) is 19.1 Å². The lowest BCUT2D eigenvalue weighted by atomic mass is 9.69. The molecule has 0 fully saturated rings. The van der Waals surface area contributed by atoms with E-state index in [1.807, 2.05) is 91.0 Å². The molecule has 10 heteroatoms. The number of nitro groups is 1. The van der Waals surface area contributed by atoms with E-state index in [0.29, 0.717) is 5.56 Å². The Bertz CT molecular complexity index is 1840. The maximum Gasteiger partial charge on any atom is 0.339 e. The molecule has 1 aliphatic rings. The van der Waals surface area contributed by atoms with Crippen molar-refractivity contribution in [3.05, 3.63) is 143 Å². The second-order valence-corrected chi connectivity index (χ2v) is 13.8. The highest BCUT2D eigenvalue weighted by Crippen LogP contribution is 2.58. The first-order valence-corrected chi connectivity index (χ1v) is 16.0. The smallest absolute Gasteiger partial charge is 0.339 e. The lowest BCUT2D eigenvalue weighted by Gasteiger charge is -2.35. The summed E-state index contributed by atoms with van der Waals surface area (Å²) in [5.74, 6) is -3.86. The summed E-state index contributed by atoms with van der Waals surface area (Å²) in [7, 11) is 2.43. The number of nitriles is 2. The zero-order chi connectivity index (χ0) is 32.9. The Hall–Kier alpha value is -5.76. The average Bonchev–Trinajstić information content (AvgIpc) is 3.45. The van der Waals surface area contributed by atoms with Crippen LogP contribution in [0.4, 0.5) is 5.69 Å². The molecule has 0 amide bonds. The molecule has 0 radical (unpaired) electrons. The molecule has 2 atom stereocenters. The van der Waals surface area contributed by atoms with Gasteiger partial charge in [0.1, 0.15) is 0 Å². The first-order chi connectivity index (χ1) is 22.3. The zero-order valence-corrected chi connectivity index (χ0v) is 25.8. The Morgan fingerprint density at radius 1 is 0.761 bits per heavy atom. The number of nitro benzene ring substituents is 1. The SMILES string of the molecule is COC(=O)C(C1=C[C@H](C(=O)OC)[C@H](c2ccc([N+](=O)[O-])cc2)C1(C#N)C#N)=P(c1ccccc1)(c1ccccc1)c1ccccc1. The molecule has 0 N–H and O–H groups in total. The average molecular weight is 630 g/mol. The number of esters is 2. The Labute approximate surface area is 266 Å². The number of hydrogen-bond acceptors (Lipinski definition) is 8. The van der Waals surface area contributed by atoms with Gasteiger partial charge in [-0.2, -0.15) is 10.5 Å². The molecule has 0 spiro atoms. The first kappa shape index (κ1) is 31.7. The van der Waals surface area contributed by atoms with Crippen LogP contribution >= 0.6 is 6.89 Å². The van der Waals surface area contributed by atoms with Crippen molar-refractivity contribution >= 4 is 45.7 Å². The molecule has 228 valence electrons. The maximum absolute atomic E-state index is 14.4. The fraction of sp³-hybridized carbons (Fsp3) is 0.139. The third-order valence-electron chi connectivity index (χ3n) is 8.29. The van der Waals surface area contributed by atoms with Gasteiger partial charge in [-0.05, 0) is 33.9 Å². The maximum atomic E-state index is 14.4. The van der Waals surface area contributed by atoms with Crippen LogP contribution in [0.1, 0.15) is 11.5 Å². The molecular weight excluding hydrogens is 601 g/mol. The molecule has 4 aromatic carbocycles. The van der Waals surface area contributed by atoms with E-state index in [0.717, 1.165) is 15.9 Å². The van der Waals surface area contributed by atoms with Crippen LogP contribution in [0.25, 0.3) is 0 Å². The molecule has 0 saturated heterocycles. The predicted octanol–water partition coefficient (Wildman–Crippen LogP) is 4.78. The number of carbonyl (C=O) groups excluding carboxylic acids is 2. The molecule has 0 saturated carbocycles.